The van der Waals surface area contributed by atoms with Gasteiger partial charge in [-0.15, -0.1) is 0 Å². The Labute approximate surface area is 167 Å². The van der Waals surface area contributed by atoms with Crippen LogP contribution in [0.15, 0.2) is 6.07 Å². The molecule has 0 saturated heterocycles. The highest BCUT2D eigenvalue weighted by Gasteiger charge is 2.32. The van der Waals surface area contributed by atoms with Gasteiger partial charge in [-0.1, -0.05) is 0 Å². The maximum atomic E-state index is 13.6. The Morgan fingerprint density at radius 3 is 2.43 bits per heavy atom. The maximum Gasteiger partial charge on any atom is 0.410 e. The first-order chi connectivity index (χ1) is 12.8. The topological polar surface area (TPSA) is 76.5 Å². The minimum absolute atomic E-state index is 0.119. The van der Waals surface area contributed by atoms with Crippen LogP contribution >= 0.6 is 0 Å². The lowest BCUT2D eigenvalue weighted by atomic mass is 10.2. The zero-order valence-electron chi connectivity index (χ0n) is 17.3. The second kappa shape index (κ2) is 8.44. The van der Waals surface area contributed by atoms with Crippen molar-refractivity contribution in [2.24, 2.45) is 0 Å². The lowest BCUT2D eigenvalue weighted by molar-refractivity contribution is 0.0236. The van der Waals surface area contributed by atoms with Crippen LogP contribution in [0.4, 0.5) is 13.6 Å². The van der Waals surface area contributed by atoms with Gasteiger partial charge in [0.25, 0.3) is 6.43 Å². The fourth-order valence-corrected chi connectivity index (χ4v) is 3.46. The number of rotatable bonds is 4. The van der Waals surface area contributed by atoms with E-state index in [9.17, 15) is 17.8 Å². The summed E-state index contributed by atoms with van der Waals surface area (Å²) in [5, 5.41) is 4.30. The largest absolute Gasteiger partial charge is 0.444 e. The molecule has 2 heterocycles. The van der Waals surface area contributed by atoms with Crippen LogP contribution in [0, 0.1) is 0 Å². The van der Waals surface area contributed by atoms with Gasteiger partial charge in [0.15, 0.2) is 0 Å². The molecule has 1 aliphatic heterocycles. The van der Waals surface area contributed by atoms with Crippen molar-refractivity contribution in [1.82, 2.24) is 19.4 Å². The third-order valence-electron chi connectivity index (χ3n) is 4.05. The van der Waals surface area contributed by atoms with Crippen LogP contribution in [0.2, 0.25) is 0 Å². The van der Waals surface area contributed by atoms with Crippen LogP contribution < -0.4 is 4.72 Å². The fourth-order valence-electron chi connectivity index (χ4n) is 2.65. The average molecular weight is 421 g/mol. The quantitative estimate of drug-likeness (QED) is 0.810. The molecule has 0 spiro atoms. The number of hydrogen-bond acceptors (Lipinski definition) is 4. The molecular formula is C18H30F2N4O3S. The summed E-state index contributed by atoms with van der Waals surface area (Å²) in [6.45, 7) is 11.7. The molecule has 0 bridgehead atoms. The van der Waals surface area contributed by atoms with Crippen molar-refractivity contribution < 1.29 is 22.5 Å². The minimum Gasteiger partial charge on any atom is -0.444 e. The number of aryl methyl sites for hydroxylation is 1. The Morgan fingerprint density at radius 2 is 1.89 bits per heavy atom. The van der Waals surface area contributed by atoms with Gasteiger partial charge in [-0.05, 0) is 54.0 Å². The van der Waals surface area contributed by atoms with Crippen molar-refractivity contribution in [1.29, 1.82) is 0 Å². The summed E-state index contributed by atoms with van der Waals surface area (Å²) in [6.07, 6.45) is -2.58. The summed E-state index contributed by atoms with van der Waals surface area (Å²) in [4.78, 5) is 13.9. The van der Waals surface area contributed by atoms with Gasteiger partial charge in [0.2, 0.25) is 0 Å². The Hall–Kier alpha value is -1.55. The highest BCUT2D eigenvalue weighted by molar-refractivity contribution is 7.84. The molecule has 2 atom stereocenters. The van der Waals surface area contributed by atoms with Crippen LogP contribution in [0.5, 0.6) is 0 Å². The first kappa shape index (κ1) is 22.7. The number of aromatic nitrogens is 2. The lowest BCUT2D eigenvalue weighted by Crippen LogP contribution is -2.38. The molecule has 0 saturated carbocycles. The van der Waals surface area contributed by atoms with Crippen LogP contribution in [0.25, 0.3) is 0 Å². The number of nitrogens with zero attached hydrogens (tertiary/aromatic N) is 3. The van der Waals surface area contributed by atoms with E-state index in [4.69, 9.17) is 4.74 Å². The zero-order valence-corrected chi connectivity index (χ0v) is 18.1. The predicted octanol–water partition coefficient (Wildman–Crippen LogP) is 3.38. The molecule has 0 radical (unpaired) electrons. The number of fused-ring (bicyclic) bond motifs is 1. The van der Waals surface area contributed by atoms with Crippen molar-refractivity contribution in [3.63, 3.8) is 0 Å². The lowest BCUT2D eigenvalue weighted by Gasteiger charge is -2.26. The van der Waals surface area contributed by atoms with Crippen molar-refractivity contribution in [2.75, 3.05) is 6.54 Å². The van der Waals surface area contributed by atoms with Crippen molar-refractivity contribution in [2.45, 2.75) is 83.9 Å². The van der Waals surface area contributed by atoms with Gasteiger partial charge in [-0.2, -0.15) is 5.10 Å². The van der Waals surface area contributed by atoms with Gasteiger partial charge >= 0.3 is 6.09 Å². The van der Waals surface area contributed by atoms with Gasteiger partial charge in [0, 0.05) is 13.1 Å². The van der Waals surface area contributed by atoms with E-state index in [1.807, 2.05) is 0 Å². The van der Waals surface area contributed by atoms with Crippen molar-refractivity contribution in [3.8, 4) is 0 Å². The Balaban J connectivity index is 2.21. The molecule has 160 valence electrons. The predicted molar refractivity (Wildman–Crippen MR) is 103 cm³/mol. The fraction of sp³-hybridized carbons (Fsp3) is 0.778. The van der Waals surface area contributed by atoms with Gasteiger partial charge in [-0.3, -0.25) is 4.68 Å². The number of carbonyl (C=O) groups is 1. The summed E-state index contributed by atoms with van der Waals surface area (Å²) >= 11 is 0. The molecule has 28 heavy (non-hydrogen) atoms. The maximum absolute atomic E-state index is 13.6. The molecule has 0 fully saturated rings. The molecule has 0 aromatic carbocycles. The third-order valence-corrected chi connectivity index (χ3v) is 5.63. The van der Waals surface area contributed by atoms with Gasteiger partial charge in [0.05, 0.1) is 33.7 Å². The number of ether oxygens (including phenoxy) is 1. The number of halogens is 2. The van der Waals surface area contributed by atoms with Crippen LogP contribution in [0.1, 0.15) is 65.4 Å². The Kier molecular flexibility index (Phi) is 6.86. The van der Waals surface area contributed by atoms with Crippen LogP contribution in [0.3, 0.4) is 0 Å². The van der Waals surface area contributed by atoms with E-state index < -0.39 is 39.9 Å². The molecule has 1 aromatic rings. The van der Waals surface area contributed by atoms with E-state index in [1.54, 1.807) is 57.2 Å². The van der Waals surface area contributed by atoms with Gasteiger partial charge < -0.3 is 9.64 Å². The minimum atomic E-state index is -2.77. The molecule has 1 aliphatic rings. The second-order valence-corrected chi connectivity index (χ2v) is 10.8. The number of alkyl halides is 2. The van der Waals surface area contributed by atoms with E-state index in [0.29, 0.717) is 25.2 Å². The summed E-state index contributed by atoms with van der Waals surface area (Å²) in [6, 6.07) is 0.0984. The molecular weight excluding hydrogens is 390 g/mol. The molecule has 1 amide bonds. The van der Waals surface area contributed by atoms with E-state index in [-0.39, 0.29) is 12.2 Å². The molecule has 10 heteroatoms. The number of amides is 1. The average Bonchev–Trinajstić information content (AvgIpc) is 2.80. The first-order valence-corrected chi connectivity index (χ1v) is 10.4. The molecule has 7 nitrogen and oxygen atoms in total. The monoisotopic (exact) mass is 420 g/mol. The van der Waals surface area contributed by atoms with Crippen LogP contribution in [-0.2, 0) is 28.8 Å². The zero-order chi connectivity index (χ0) is 21.3. The first-order valence-electron chi connectivity index (χ1n) is 9.28. The SMILES string of the molecule is CC(C)(C)OC(=O)N1CCCn2nc(C(NS(=O)C(C)(C)C)C(F)F)cc2C1. The second-order valence-electron chi connectivity index (χ2n) is 8.85. The highest BCUT2D eigenvalue weighted by atomic mass is 32.2. The molecule has 1 N–H and O–H groups in total. The van der Waals surface area contributed by atoms with E-state index >= 15 is 0 Å². The summed E-state index contributed by atoms with van der Waals surface area (Å²) in [7, 11) is -1.67. The highest BCUT2D eigenvalue weighted by Crippen LogP contribution is 2.25. The number of carbonyl (C=O) groups excluding carboxylic acids is 1. The smallest absolute Gasteiger partial charge is 0.410 e. The van der Waals surface area contributed by atoms with E-state index in [1.165, 1.54) is 0 Å². The summed E-state index contributed by atoms with van der Waals surface area (Å²) in [5.41, 5.74) is 0.150. The number of nitrogens with one attached hydrogen (secondary N) is 1. The van der Waals surface area contributed by atoms with Gasteiger partial charge in [-0.25, -0.2) is 22.5 Å². The molecule has 0 aliphatic carbocycles. The van der Waals surface area contributed by atoms with E-state index in [2.05, 4.69) is 9.82 Å². The van der Waals surface area contributed by atoms with Crippen molar-refractivity contribution >= 4 is 17.1 Å². The third kappa shape index (κ3) is 5.97. The van der Waals surface area contributed by atoms with E-state index in [0.717, 1.165) is 0 Å². The van der Waals surface area contributed by atoms with Crippen LogP contribution in [-0.4, -0.2) is 48.3 Å². The number of hydrogen-bond donors (Lipinski definition) is 1. The Morgan fingerprint density at radius 1 is 1.25 bits per heavy atom. The van der Waals surface area contributed by atoms with Crippen molar-refractivity contribution in [3.05, 3.63) is 17.5 Å². The van der Waals surface area contributed by atoms with Gasteiger partial charge in [0.1, 0.15) is 11.6 Å². The molecule has 1 aromatic heterocycles. The standard InChI is InChI=1S/C18H30F2N4O3S/c1-17(2,3)27-16(25)23-8-7-9-24-12(11-23)10-13(21-24)14(15(19)20)22-28(26)18(4,5)6/h10,14-15,22H,7-9,11H2,1-6H3. The molecule has 2 unspecified atom stereocenters. The summed E-state index contributed by atoms with van der Waals surface area (Å²) in [5.74, 6) is 0. The molecule has 2 rings (SSSR count). The Bertz CT molecular complexity index is 725. The summed E-state index contributed by atoms with van der Waals surface area (Å²) < 4.78 is 48.4. The normalized spacial score (nSPS) is 17.8.